The highest BCUT2D eigenvalue weighted by atomic mass is 32.2. The van der Waals surface area contributed by atoms with E-state index in [0.717, 1.165) is 35.0 Å². The van der Waals surface area contributed by atoms with Crippen LogP contribution in [0.3, 0.4) is 0 Å². The average molecular weight is 887 g/mol. The fourth-order valence-electron chi connectivity index (χ4n) is 6.02. The third kappa shape index (κ3) is 23.2. The fourth-order valence-corrected chi connectivity index (χ4v) is 7.30. The Kier molecular flexibility index (Phi) is 21.9. The molecule has 4 heterocycles. The normalized spacial score (nSPS) is 21.0. The second kappa shape index (κ2) is 24.4. The summed E-state index contributed by atoms with van der Waals surface area (Å²) in [6.07, 6.45) is 6.56. The largest absolute Gasteiger partial charge is 0.351 e. The molecule has 0 radical (unpaired) electrons. The summed E-state index contributed by atoms with van der Waals surface area (Å²) in [5.74, 6) is -0.0829. The first-order valence-electron chi connectivity index (χ1n) is 21.4. The Morgan fingerprint density at radius 2 is 1.15 bits per heavy atom. The maximum absolute atomic E-state index is 11.6. The van der Waals surface area contributed by atoms with Crippen molar-refractivity contribution in [3.05, 3.63) is 23.5 Å². The molecular weight excluding hydrogens is 813 g/mol. The van der Waals surface area contributed by atoms with Gasteiger partial charge in [0.1, 0.15) is 12.3 Å². The van der Waals surface area contributed by atoms with E-state index >= 15 is 0 Å². The van der Waals surface area contributed by atoms with Crippen molar-refractivity contribution in [1.29, 1.82) is 0 Å². The Morgan fingerprint density at radius 3 is 1.48 bits per heavy atom. The summed E-state index contributed by atoms with van der Waals surface area (Å²) >= 11 is 1.63. The second-order valence-corrected chi connectivity index (χ2v) is 21.7. The van der Waals surface area contributed by atoms with Gasteiger partial charge < -0.3 is 10.6 Å². The lowest BCUT2D eigenvalue weighted by molar-refractivity contribution is -0.143. The molecule has 17 heteroatoms. The molecule has 3 atom stereocenters. The number of ketones is 2. The van der Waals surface area contributed by atoms with Crippen molar-refractivity contribution in [2.75, 3.05) is 31.9 Å². The fraction of sp³-hybridized carbons (Fsp3) is 0.733. The highest BCUT2D eigenvalue weighted by Crippen LogP contribution is 2.30. The molecule has 0 spiro atoms. The molecule has 4 aliphatic heterocycles. The van der Waals surface area contributed by atoms with E-state index in [0.29, 0.717) is 37.8 Å². The third-order valence-electron chi connectivity index (χ3n) is 8.72. The first-order chi connectivity index (χ1) is 28.3. The summed E-state index contributed by atoms with van der Waals surface area (Å²) in [6.45, 7) is 31.5. The third-order valence-corrected chi connectivity index (χ3v) is 10.6. The van der Waals surface area contributed by atoms with Gasteiger partial charge in [0, 0.05) is 48.7 Å². The van der Waals surface area contributed by atoms with Gasteiger partial charge in [0.25, 0.3) is 0 Å². The van der Waals surface area contributed by atoms with Gasteiger partial charge in [-0.2, -0.15) is 20.5 Å². The molecule has 2 saturated heterocycles. The van der Waals surface area contributed by atoms with Crippen LogP contribution in [0.15, 0.2) is 44.0 Å². The van der Waals surface area contributed by atoms with Crippen molar-refractivity contribution in [1.82, 2.24) is 20.4 Å². The lowest BCUT2D eigenvalue weighted by Gasteiger charge is -2.22. The molecule has 0 aromatic carbocycles. The summed E-state index contributed by atoms with van der Waals surface area (Å²) in [6, 6.07) is 0. The summed E-state index contributed by atoms with van der Waals surface area (Å²) in [5, 5.41) is 21.0. The van der Waals surface area contributed by atoms with Gasteiger partial charge in [-0.1, -0.05) is 55.4 Å². The van der Waals surface area contributed by atoms with Crippen LogP contribution in [-0.2, 0) is 38.4 Å². The molecule has 0 bridgehead atoms. The van der Waals surface area contributed by atoms with Crippen molar-refractivity contribution in [3.8, 4) is 0 Å². The first kappa shape index (κ1) is 55.6. The molecule has 0 aromatic heterocycles. The molecule has 16 nitrogen and oxygen atoms in total. The van der Waals surface area contributed by atoms with E-state index in [2.05, 4.69) is 78.7 Å². The van der Waals surface area contributed by atoms with Crippen molar-refractivity contribution in [2.24, 2.45) is 43.1 Å². The zero-order chi connectivity index (χ0) is 47.8. The van der Waals surface area contributed by atoms with Gasteiger partial charge in [-0.15, -0.1) is 11.8 Å². The van der Waals surface area contributed by atoms with Crippen molar-refractivity contribution >= 4 is 58.8 Å². The molecule has 5 aliphatic rings. The van der Waals surface area contributed by atoms with Crippen LogP contribution in [0.4, 0.5) is 0 Å². The van der Waals surface area contributed by atoms with Gasteiger partial charge in [-0.05, 0) is 83.6 Å². The van der Waals surface area contributed by atoms with Gasteiger partial charge in [0.15, 0.2) is 5.78 Å². The monoisotopic (exact) mass is 887 g/mol. The van der Waals surface area contributed by atoms with E-state index in [1.165, 1.54) is 4.90 Å². The number of carbonyl (C=O) groups is 8. The minimum atomic E-state index is -0.353. The Morgan fingerprint density at radius 1 is 0.677 bits per heavy atom. The number of carbonyl (C=O) groups excluding carboxylic acids is 8. The highest BCUT2D eigenvalue weighted by molar-refractivity contribution is 8.00. The first-order valence-corrected chi connectivity index (χ1v) is 22.4. The van der Waals surface area contributed by atoms with Crippen LogP contribution in [0.25, 0.3) is 0 Å². The number of nitrogens with zero attached hydrogens (tertiary/aromatic N) is 6. The summed E-state index contributed by atoms with van der Waals surface area (Å²) in [7, 11) is 0. The molecule has 3 unspecified atom stereocenters. The van der Waals surface area contributed by atoms with Crippen molar-refractivity contribution < 1.29 is 38.4 Å². The number of amides is 6. The molecule has 2 N–H and O–H groups in total. The zero-order valence-corrected chi connectivity index (χ0v) is 40.8. The molecule has 5 rings (SSSR count). The molecule has 0 aromatic rings. The number of imide groups is 2. The Balaban J connectivity index is 0.000000392. The average Bonchev–Trinajstić information content (AvgIpc) is 3.93. The second-order valence-electron chi connectivity index (χ2n) is 20.5. The summed E-state index contributed by atoms with van der Waals surface area (Å²) < 4.78 is 0. The topological polar surface area (TPSA) is 217 Å². The van der Waals surface area contributed by atoms with E-state index < -0.39 is 0 Å². The van der Waals surface area contributed by atoms with E-state index in [1.54, 1.807) is 25.6 Å². The molecule has 62 heavy (non-hydrogen) atoms. The van der Waals surface area contributed by atoms with Crippen molar-refractivity contribution in [2.45, 2.75) is 159 Å². The van der Waals surface area contributed by atoms with Crippen LogP contribution in [0.1, 0.15) is 142 Å². The molecule has 3 fully saturated rings. The van der Waals surface area contributed by atoms with Crippen LogP contribution < -0.4 is 10.6 Å². The lowest BCUT2D eigenvalue weighted by atomic mass is 9.91. The zero-order valence-electron chi connectivity index (χ0n) is 40.0. The van der Waals surface area contributed by atoms with Crippen molar-refractivity contribution in [3.63, 3.8) is 0 Å². The minimum absolute atomic E-state index is 0.000370. The maximum atomic E-state index is 11.6. The van der Waals surface area contributed by atoms with Gasteiger partial charge >= 0.3 is 0 Å². The highest BCUT2D eigenvalue weighted by Gasteiger charge is 2.37. The molecule has 1 saturated carbocycles. The molecule has 6 amide bonds. The van der Waals surface area contributed by atoms with Crippen LogP contribution in [0.2, 0.25) is 0 Å². The van der Waals surface area contributed by atoms with Crippen LogP contribution >= 0.6 is 11.8 Å². The number of rotatable bonds is 8. The summed E-state index contributed by atoms with van der Waals surface area (Å²) in [5.41, 5.74) is 1.96. The number of hydrogen-bond donors (Lipinski definition) is 2. The maximum Gasteiger partial charge on any atom is 0.240 e. The number of hydrogen-bond acceptors (Lipinski definition) is 13. The van der Waals surface area contributed by atoms with Gasteiger partial charge in [-0.25, -0.2) is 0 Å². The Bertz CT molecular complexity index is 1760. The van der Waals surface area contributed by atoms with E-state index in [1.807, 2.05) is 54.5 Å². The minimum Gasteiger partial charge on any atom is -0.351 e. The lowest BCUT2D eigenvalue weighted by Crippen LogP contribution is -2.47. The number of Topliss-reactive ketones (excluding diaryl/α,β-unsaturated/α-hetero) is 2. The SMILES string of the molecule is CC(C)(C)CC1=CCN=N1.CC(C)(C)CSC1CC(=O)CC1=O.CC(C)(C)NC(=O)CC1=CCN=N1.CC1CC(=O)N(CC(=O)NC(C)(C)C)C1=O.CCN1C(=O)CC(C)C1=O. The summed E-state index contributed by atoms with van der Waals surface area (Å²) in [4.78, 5) is 92.4. The van der Waals surface area contributed by atoms with E-state index in [4.69, 9.17) is 0 Å². The standard InChI is InChI=1S/C11H18N2O3.C10H16O2S.C9H15N3O.C8H14N2.C7H11NO2/c1-7-5-9(15)13(10(7)16)6-8(14)12-11(2,3)4;1-10(2,3)6-13-9-5-7(11)4-8(9)12;1-9(2,3)11-8(13)6-7-4-5-10-12-7;1-8(2,3)6-7-4-5-9-10-7;1-3-8-6(9)4-5(2)7(8)10/h7H,5-6H2,1-4H3,(H,12,14);9H,4-6H2,1-3H3;4H,5-6H2,1-3H3,(H,11,13);4H,5-6H2,1-3H3;5H,3-4H2,1-2H3. The van der Waals surface area contributed by atoms with E-state index in [-0.39, 0.29) is 100.0 Å². The predicted octanol–water partition coefficient (Wildman–Crippen LogP) is 7.18. The molecule has 1 aliphatic carbocycles. The number of allylic oxidation sites excluding steroid dienone is 1. The van der Waals surface area contributed by atoms with Gasteiger partial charge in [0.2, 0.25) is 35.4 Å². The quantitative estimate of drug-likeness (QED) is 0.186. The number of thioether (sulfide) groups is 1. The van der Waals surface area contributed by atoms with Gasteiger partial charge in [-0.3, -0.25) is 48.2 Å². The predicted molar refractivity (Wildman–Crippen MR) is 242 cm³/mol. The van der Waals surface area contributed by atoms with E-state index in [9.17, 15) is 38.4 Å². The van der Waals surface area contributed by atoms with Crippen LogP contribution in [0.5, 0.6) is 0 Å². The molecule has 348 valence electrons. The molecular formula is C45H74N8O8S. The van der Waals surface area contributed by atoms with Crippen LogP contribution in [-0.4, -0.2) is 105 Å². The number of likely N-dealkylation sites (tertiary alicyclic amines) is 2. The van der Waals surface area contributed by atoms with Gasteiger partial charge in [0.05, 0.1) is 42.6 Å². The van der Waals surface area contributed by atoms with Crippen LogP contribution in [0, 0.1) is 22.7 Å². The number of azo groups is 2. The number of nitrogens with one attached hydrogen (secondary N) is 2. The Hall–Kier alpha value is -4.41. The Labute approximate surface area is 373 Å². The smallest absolute Gasteiger partial charge is 0.240 e.